The number of rotatable bonds is 3. The average molecular weight is 558 g/mol. The van der Waals surface area contributed by atoms with Crippen molar-refractivity contribution in [1.82, 2.24) is 4.90 Å². The number of esters is 1. The summed E-state index contributed by atoms with van der Waals surface area (Å²) in [5.41, 5.74) is -1.17. The minimum atomic E-state index is -1.02. The van der Waals surface area contributed by atoms with Gasteiger partial charge < -0.3 is 29.0 Å². The predicted molar refractivity (Wildman–Crippen MR) is 144 cm³/mol. The van der Waals surface area contributed by atoms with Crippen molar-refractivity contribution < 1.29 is 33.7 Å². The van der Waals surface area contributed by atoms with Gasteiger partial charge in [-0.15, -0.1) is 0 Å². The first kappa shape index (κ1) is 27.8. The molecular formula is C31H43NO8. The maximum Gasteiger partial charge on any atom is 0.410 e. The smallest absolute Gasteiger partial charge is 0.410 e. The van der Waals surface area contributed by atoms with Gasteiger partial charge in [-0.1, -0.05) is 13.8 Å². The van der Waals surface area contributed by atoms with E-state index in [9.17, 15) is 24.6 Å². The van der Waals surface area contributed by atoms with Crippen LogP contribution in [-0.4, -0.2) is 64.2 Å². The first-order chi connectivity index (χ1) is 18.9. The van der Waals surface area contributed by atoms with Crippen LogP contribution in [0, 0.1) is 28.6 Å². The van der Waals surface area contributed by atoms with Crippen LogP contribution in [0.5, 0.6) is 0 Å². The molecule has 9 nitrogen and oxygen atoms in total. The number of fused-ring (bicyclic) bond motifs is 5. The Labute approximate surface area is 235 Å². The highest BCUT2D eigenvalue weighted by Gasteiger charge is 2.70. The van der Waals surface area contributed by atoms with Crippen molar-refractivity contribution in [3.63, 3.8) is 0 Å². The lowest BCUT2D eigenvalue weighted by molar-refractivity contribution is -0.205. The maximum absolute atomic E-state index is 12.7. The second kappa shape index (κ2) is 9.86. The fourth-order valence-electron chi connectivity index (χ4n) is 9.88. The van der Waals surface area contributed by atoms with Gasteiger partial charge >= 0.3 is 17.7 Å². The highest BCUT2D eigenvalue weighted by molar-refractivity contribution is 5.68. The summed E-state index contributed by atoms with van der Waals surface area (Å²) in [6.07, 6.45) is 7.20. The summed E-state index contributed by atoms with van der Waals surface area (Å²) in [4.78, 5) is 38.2. The van der Waals surface area contributed by atoms with E-state index in [1.165, 1.54) is 19.3 Å². The Morgan fingerprint density at radius 1 is 1.05 bits per heavy atom. The molecule has 4 aliphatic carbocycles. The molecule has 1 aromatic rings. The number of carbonyl (C=O) groups excluding carboxylic acids is 2. The molecular weight excluding hydrogens is 514 g/mol. The Morgan fingerprint density at radius 2 is 1.85 bits per heavy atom. The van der Waals surface area contributed by atoms with Gasteiger partial charge in [0.05, 0.1) is 18.0 Å². The van der Waals surface area contributed by atoms with Crippen molar-refractivity contribution in [2.45, 2.75) is 108 Å². The van der Waals surface area contributed by atoms with Gasteiger partial charge in [0, 0.05) is 43.8 Å². The van der Waals surface area contributed by atoms with E-state index in [1.54, 1.807) is 11.0 Å². The Morgan fingerprint density at radius 3 is 2.52 bits per heavy atom. The van der Waals surface area contributed by atoms with Crippen molar-refractivity contribution in [3.05, 3.63) is 34.4 Å². The lowest BCUT2D eigenvalue weighted by Crippen LogP contribution is -2.62. The third-order valence-corrected chi connectivity index (χ3v) is 11.9. The summed E-state index contributed by atoms with van der Waals surface area (Å²) >= 11 is 0. The fraction of sp³-hybridized carbons (Fsp3) is 0.774. The third-order valence-electron chi connectivity index (χ3n) is 11.9. The van der Waals surface area contributed by atoms with Crippen LogP contribution < -0.4 is 5.63 Å². The van der Waals surface area contributed by atoms with Gasteiger partial charge in [-0.25, -0.2) is 9.59 Å². The standard InChI is InChI=1S/C31H43NO8/c1-18(33)39-25-15-31(37)24-6-5-20-14-22(40-28(36)32-13-10-21(34)16-32)8-11-29(20,2)23(24)9-12-30(31,3)27(25)19-4-7-26(35)38-17-19/h4,7,17,20-25,27,34,37H,5-6,8-16H2,1-3H3/t20?,21-,22?,23?,24?,25?,27?,29?,30?,31?/m0/s1. The SMILES string of the molecule is CC(=O)OC1CC2(O)C3CCC4CC(OC(=O)N5CC[C@H](O)C5)CCC4(C)C3CCC2(C)C1c1ccc(=O)oc1. The van der Waals surface area contributed by atoms with Crippen LogP contribution in [-0.2, 0) is 14.3 Å². The maximum atomic E-state index is 12.7. The first-order valence-electron chi connectivity index (χ1n) is 15.1. The molecule has 5 aliphatic rings. The van der Waals surface area contributed by atoms with Crippen molar-refractivity contribution >= 4 is 12.1 Å². The van der Waals surface area contributed by atoms with Gasteiger partial charge in [0.1, 0.15) is 12.2 Å². The monoisotopic (exact) mass is 557 g/mol. The Balaban J connectivity index is 1.23. The van der Waals surface area contributed by atoms with Crippen LogP contribution in [0.3, 0.4) is 0 Å². The van der Waals surface area contributed by atoms with Crippen LogP contribution >= 0.6 is 0 Å². The molecule has 40 heavy (non-hydrogen) atoms. The number of amides is 1. The number of nitrogens with zero attached hydrogens (tertiary/aromatic N) is 1. The molecule has 0 spiro atoms. The molecule has 2 heterocycles. The predicted octanol–water partition coefficient (Wildman–Crippen LogP) is 3.99. The van der Waals surface area contributed by atoms with E-state index in [1.807, 2.05) is 0 Å². The molecule has 1 aromatic heterocycles. The van der Waals surface area contributed by atoms with Crippen molar-refractivity contribution in [2.24, 2.45) is 28.6 Å². The summed E-state index contributed by atoms with van der Waals surface area (Å²) in [7, 11) is 0. The quantitative estimate of drug-likeness (QED) is 0.534. The molecule has 1 aliphatic heterocycles. The lowest BCUT2D eigenvalue weighted by Gasteiger charge is -2.63. The van der Waals surface area contributed by atoms with Crippen LogP contribution in [0.2, 0.25) is 0 Å². The van der Waals surface area contributed by atoms with E-state index < -0.39 is 28.8 Å². The lowest BCUT2D eigenvalue weighted by atomic mass is 9.43. The normalized spacial score (nSPS) is 44.3. The van der Waals surface area contributed by atoms with Gasteiger partial charge in [-0.2, -0.15) is 0 Å². The summed E-state index contributed by atoms with van der Waals surface area (Å²) in [6, 6.07) is 3.15. The zero-order valence-electron chi connectivity index (χ0n) is 23.8. The molecule has 1 amide bonds. The van der Waals surface area contributed by atoms with Crippen molar-refractivity contribution in [2.75, 3.05) is 13.1 Å². The number of likely N-dealkylation sites (tertiary alicyclic amines) is 1. The summed E-state index contributed by atoms with van der Waals surface area (Å²) in [5, 5.41) is 22.5. The molecule has 9 heteroatoms. The minimum Gasteiger partial charge on any atom is -0.462 e. The molecule has 9 unspecified atom stereocenters. The van der Waals surface area contributed by atoms with E-state index in [-0.39, 0.29) is 35.4 Å². The molecule has 4 saturated carbocycles. The molecule has 220 valence electrons. The summed E-state index contributed by atoms with van der Waals surface area (Å²) in [6.45, 7) is 6.79. The second-order valence-corrected chi connectivity index (χ2v) is 13.8. The Hall–Kier alpha value is -2.39. The Bertz CT molecular complexity index is 1200. The molecule has 5 fully saturated rings. The third kappa shape index (κ3) is 4.30. The number of ether oxygens (including phenoxy) is 2. The van der Waals surface area contributed by atoms with Gasteiger partial charge in [0.2, 0.25) is 0 Å². The highest BCUT2D eigenvalue weighted by Crippen LogP contribution is 2.71. The average Bonchev–Trinajstić information content (AvgIpc) is 3.43. The van der Waals surface area contributed by atoms with Crippen LogP contribution in [0.15, 0.2) is 27.6 Å². The first-order valence-corrected chi connectivity index (χ1v) is 15.1. The minimum absolute atomic E-state index is 0.0290. The fourth-order valence-corrected chi connectivity index (χ4v) is 9.88. The van der Waals surface area contributed by atoms with E-state index in [0.717, 1.165) is 50.5 Å². The molecule has 6 rings (SSSR count). The molecule has 1 saturated heterocycles. The molecule has 0 radical (unpaired) electrons. The van der Waals surface area contributed by atoms with Crippen LogP contribution in [0.4, 0.5) is 4.79 Å². The largest absolute Gasteiger partial charge is 0.462 e. The second-order valence-electron chi connectivity index (χ2n) is 13.8. The molecule has 2 N–H and O–H groups in total. The van der Waals surface area contributed by atoms with Gasteiger partial charge in [0.25, 0.3) is 0 Å². The van der Waals surface area contributed by atoms with E-state index in [2.05, 4.69) is 13.8 Å². The molecule has 0 bridgehead atoms. The highest BCUT2D eigenvalue weighted by atomic mass is 16.6. The van der Waals surface area contributed by atoms with Crippen LogP contribution in [0.1, 0.15) is 90.0 Å². The molecule has 10 atom stereocenters. The van der Waals surface area contributed by atoms with E-state index in [0.29, 0.717) is 37.8 Å². The zero-order chi connectivity index (χ0) is 28.4. The van der Waals surface area contributed by atoms with Gasteiger partial charge in [-0.3, -0.25) is 4.79 Å². The van der Waals surface area contributed by atoms with Crippen molar-refractivity contribution in [3.8, 4) is 0 Å². The van der Waals surface area contributed by atoms with E-state index >= 15 is 0 Å². The van der Waals surface area contributed by atoms with Crippen LogP contribution in [0.25, 0.3) is 0 Å². The van der Waals surface area contributed by atoms with Gasteiger partial charge in [0.15, 0.2) is 0 Å². The number of aliphatic hydroxyl groups is 2. The number of hydrogen-bond donors (Lipinski definition) is 2. The Kier molecular flexibility index (Phi) is 6.85. The molecule has 0 aromatic carbocycles. The number of hydrogen-bond acceptors (Lipinski definition) is 8. The topological polar surface area (TPSA) is 127 Å². The number of carbonyl (C=O) groups is 2. The summed E-state index contributed by atoms with van der Waals surface area (Å²) < 4.78 is 17.0. The number of β-amino-alcohol motifs (C(OH)–C–C–N with tert-alkyl or cyclic N) is 1. The summed E-state index contributed by atoms with van der Waals surface area (Å²) in [5.74, 6) is 0.150. The number of aliphatic hydroxyl groups excluding tert-OH is 1. The zero-order valence-corrected chi connectivity index (χ0v) is 23.8. The van der Waals surface area contributed by atoms with Gasteiger partial charge in [-0.05, 0) is 86.2 Å². The van der Waals surface area contributed by atoms with Crippen molar-refractivity contribution in [1.29, 1.82) is 0 Å². The van der Waals surface area contributed by atoms with E-state index in [4.69, 9.17) is 13.9 Å².